The van der Waals surface area contributed by atoms with Crippen LogP contribution in [0.1, 0.15) is 19.3 Å². The van der Waals surface area contributed by atoms with Gasteiger partial charge in [-0.3, -0.25) is 0 Å². The third kappa shape index (κ3) is 1.18. The molecule has 1 aliphatic heterocycles. The quantitative estimate of drug-likeness (QED) is 0.606. The Bertz CT molecular complexity index is 260. The summed E-state index contributed by atoms with van der Waals surface area (Å²) in [6.45, 7) is 0. The fourth-order valence-electron chi connectivity index (χ4n) is 1.96. The fourth-order valence-corrected chi connectivity index (χ4v) is 4.20. The number of rotatable bonds is 1. The first-order chi connectivity index (χ1) is 5.11. The van der Waals surface area contributed by atoms with Gasteiger partial charge in [-0.25, -0.2) is 8.42 Å². The van der Waals surface area contributed by atoms with Crippen molar-refractivity contribution in [3.8, 4) is 0 Å². The molecule has 0 aromatic heterocycles. The van der Waals surface area contributed by atoms with Crippen LogP contribution in [0.4, 0.5) is 0 Å². The third-order valence-electron chi connectivity index (χ3n) is 2.75. The normalized spacial score (nSPS) is 47.5. The van der Waals surface area contributed by atoms with Crippen LogP contribution in [-0.4, -0.2) is 25.5 Å². The highest BCUT2D eigenvalue weighted by atomic mass is 32.2. The number of sulfone groups is 1. The van der Waals surface area contributed by atoms with Crippen molar-refractivity contribution in [2.75, 3.05) is 5.75 Å². The van der Waals surface area contributed by atoms with E-state index in [4.69, 9.17) is 5.73 Å². The summed E-state index contributed by atoms with van der Waals surface area (Å²) in [6.07, 6.45) is 2.61. The molecule has 0 spiro atoms. The molecule has 0 aromatic carbocycles. The average Bonchev–Trinajstić information content (AvgIpc) is 2.48. The van der Waals surface area contributed by atoms with Gasteiger partial charge in [0.25, 0.3) is 0 Å². The van der Waals surface area contributed by atoms with Crippen molar-refractivity contribution in [1.29, 1.82) is 0 Å². The Labute approximate surface area is 66.9 Å². The Balaban J connectivity index is 2.15. The maximum atomic E-state index is 11.3. The van der Waals surface area contributed by atoms with E-state index in [1.807, 2.05) is 0 Å². The molecule has 11 heavy (non-hydrogen) atoms. The lowest BCUT2D eigenvalue weighted by molar-refractivity contribution is 0.575. The van der Waals surface area contributed by atoms with E-state index in [1.54, 1.807) is 0 Å². The average molecular weight is 175 g/mol. The van der Waals surface area contributed by atoms with Crippen LogP contribution >= 0.6 is 0 Å². The summed E-state index contributed by atoms with van der Waals surface area (Å²) < 4.78 is 22.7. The molecule has 1 saturated heterocycles. The minimum atomic E-state index is -2.74. The highest BCUT2D eigenvalue weighted by Gasteiger charge is 2.48. The summed E-state index contributed by atoms with van der Waals surface area (Å²) in [7, 11) is -2.74. The topological polar surface area (TPSA) is 60.2 Å². The zero-order chi connectivity index (χ0) is 8.06. The lowest BCUT2D eigenvalue weighted by Gasteiger charge is -2.05. The smallest absolute Gasteiger partial charge is 0.153 e. The second-order valence-electron chi connectivity index (χ2n) is 3.61. The minimum absolute atomic E-state index is 0.0856. The monoisotopic (exact) mass is 175 g/mol. The van der Waals surface area contributed by atoms with Gasteiger partial charge in [0.2, 0.25) is 0 Å². The Morgan fingerprint density at radius 3 is 2.36 bits per heavy atom. The molecule has 2 N–H and O–H groups in total. The molecular weight excluding hydrogens is 162 g/mol. The maximum absolute atomic E-state index is 11.3. The Morgan fingerprint density at radius 1 is 1.36 bits per heavy atom. The highest BCUT2D eigenvalue weighted by molar-refractivity contribution is 7.92. The standard InChI is InChI=1S/C7H13NO2S/c8-6-4-5(6)7-2-1-3-11(7,9)10/h5-7H,1-4,8H2. The molecule has 0 amide bonds. The Kier molecular flexibility index (Phi) is 1.51. The van der Waals surface area contributed by atoms with Crippen LogP contribution in [0, 0.1) is 5.92 Å². The van der Waals surface area contributed by atoms with E-state index in [0.717, 1.165) is 19.3 Å². The van der Waals surface area contributed by atoms with Crippen LogP contribution in [0.25, 0.3) is 0 Å². The van der Waals surface area contributed by atoms with E-state index in [1.165, 1.54) is 0 Å². The molecular formula is C7H13NO2S. The van der Waals surface area contributed by atoms with Crippen LogP contribution in [0.2, 0.25) is 0 Å². The summed E-state index contributed by atoms with van der Waals surface area (Å²) in [5.74, 6) is 0.684. The van der Waals surface area contributed by atoms with Crippen molar-refractivity contribution >= 4 is 9.84 Å². The van der Waals surface area contributed by atoms with E-state index in [-0.39, 0.29) is 11.3 Å². The molecule has 4 heteroatoms. The molecule has 0 bridgehead atoms. The van der Waals surface area contributed by atoms with Crippen LogP contribution in [0.15, 0.2) is 0 Å². The van der Waals surface area contributed by atoms with Crippen molar-refractivity contribution < 1.29 is 8.42 Å². The molecule has 64 valence electrons. The Hall–Kier alpha value is -0.0900. The van der Waals surface area contributed by atoms with Gasteiger partial charge < -0.3 is 5.73 Å². The lowest BCUT2D eigenvalue weighted by Crippen LogP contribution is -2.21. The van der Waals surface area contributed by atoms with E-state index in [0.29, 0.717) is 11.7 Å². The van der Waals surface area contributed by atoms with Gasteiger partial charge in [-0.15, -0.1) is 0 Å². The zero-order valence-corrected chi connectivity index (χ0v) is 7.18. The van der Waals surface area contributed by atoms with Gasteiger partial charge in [0.15, 0.2) is 9.84 Å². The van der Waals surface area contributed by atoms with Gasteiger partial charge in [-0.05, 0) is 25.2 Å². The van der Waals surface area contributed by atoms with Crippen molar-refractivity contribution in [2.24, 2.45) is 11.7 Å². The van der Waals surface area contributed by atoms with E-state index in [2.05, 4.69) is 0 Å². The summed E-state index contributed by atoms with van der Waals surface area (Å²) in [6, 6.07) is 0.174. The van der Waals surface area contributed by atoms with Crippen molar-refractivity contribution in [3.05, 3.63) is 0 Å². The van der Waals surface area contributed by atoms with Crippen LogP contribution in [0.5, 0.6) is 0 Å². The van der Waals surface area contributed by atoms with Gasteiger partial charge in [-0.1, -0.05) is 0 Å². The summed E-state index contributed by atoms with van der Waals surface area (Å²) in [4.78, 5) is 0. The number of nitrogens with two attached hydrogens (primary N) is 1. The molecule has 1 aliphatic carbocycles. The number of hydrogen-bond donors (Lipinski definition) is 1. The molecule has 3 atom stereocenters. The van der Waals surface area contributed by atoms with E-state index >= 15 is 0 Å². The molecule has 1 heterocycles. The summed E-state index contributed by atoms with van der Waals surface area (Å²) >= 11 is 0. The predicted octanol–water partition coefficient (Wildman–Crippen LogP) is -0.0892. The second-order valence-corrected chi connectivity index (χ2v) is 5.95. The van der Waals surface area contributed by atoms with Gasteiger partial charge in [0.1, 0.15) is 0 Å². The number of hydrogen-bond acceptors (Lipinski definition) is 3. The lowest BCUT2D eigenvalue weighted by atomic mass is 10.2. The van der Waals surface area contributed by atoms with Gasteiger partial charge in [-0.2, -0.15) is 0 Å². The van der Waals surface area contributed by atoms with Crippen molar-refractivity contribution in [1.82, 2.24) is 0 Å². The molecule has 2 rings (SSSR count). The fraction of sp³-hybridized carbons (Fsp3) is 1.00. The highest BCUT2D eigenvalue weighted by Crippen LogP contribution is 2.40. The first-order valence-corrected chi connectivity index (χ1v) is 5.80. The first kappa shape index (κ1) is 7.55. The van der Waals surface area contributed by atoms with Gasteiger partial charge >= 0.3 is 0 Å². The Morgan fingerprint density at radius 2 is 2.00 bits per heavy atom. The van der Waals surface area contributed by atoms with E-state index < -0.39 is 9.84 Å². The van der Waals surface area contributed by atoms with Crippen LogP contribution < -0.4 is 5.73 Å². The van der Waals surface area contributed by atoms with Crippen molar-refractivity contribution in [3.63, 3.8) is 0 Å². The van der Waals surface area contributed by atoms with Crippen molar-refractivity contribution in [2.45, 2.75) is 30.6 Å². The van der Waals surface area contributed by atoms with Crippen LogP contribution in [0.3, 0.4) is 0 Å². The van der Waals surface area contributed by atoms with E-state index in [9.17, 15) is 8.42 Å². The summed E-state index contributed by atoms with van der Waals surface area (Å²) in [5, 5.41) is -0.0856. The maximum Gasteiger partial charge on any atom is 0.153 e. The van der Waals surface area contributed by atoms with Crippen LogP contribution in [-0.2, 0) is 9.84 Å². The largest absolute Gasteiger partial charge is 0.327 e. The molecule has 0 radical (unpaired) electrons. The molecule has 2 aliphatic rings. The summed E-state index contributed by atoms with van der Waals surface area (Å²) in [5.41, 5.74) is 5.60. The van der Waals surface area contributed by atoms with Gasteiger partial charge in [0.05, 0.1) is 11.0 Å². The zero-order valence-electron chi connectivity index (χ0n) is 6.36. The predicted molar refractivity (Wildman–Crippen MR) is 42.9 cm³/mol. The third-order valence-corrected chi connectivity index (χ3v) is 5.11. The second kappa shape index (κ2) is 2.20. The molecule has 0 aromatic rings. The molecule has 3 unspecified atom stereocenters. The molecule has 2 fully saturated rings. The molecule has 3 nitrogen and oxygen atoms in total. The van der Waals surface area contributed by atoms with Gasteiger partial charge in [0, 0.05) is 6.04 Å². The first-order valence-electron chi connectivity index (χ1n) is 4.08. The SMILES string of the molecule is NC1CC1C1CCCS1(=O)=O. The minimum Gasteiger partial charge on any atom is -0.327 e. The molecule has 1 saturated carbocycles.